The Hall–Kier alpha value is -2.83. The summed E-state index contributed by atoms with van der Waals surface area (Å²) in [6, 6.07) is 5.79. The summed E-state index contributed by atoms with van der Waals surface area (Å²) >= 11 is 0. The van der Waals surface area contributed by atoms with Crippen LogP contribution in [0.2, 0.25) is 0 Å². The third kappa shape index (κ3) is 5.57. The summed E-state index contributed by atoms with van der Waals surface area (Å²) in [5, 5.41) is 14.6. The second-order valence-electron chi connectivity index (χ2n) is 6.49. The van der Waals surface area contributed by atoms with Gasteiger partial charge in [-0.05, 0) is 49.8 Å². The summed E-state index contributed by atoms with van der Waals surface area (Å²) in [6.07, 6.45) is 10.2. The summed E-state index contributed by atoms with van der Waals surface area (Å²) in [4.78, 5) is 4.48. The van der Waals surface area contributed by atoms with Gasteiger partial charge in [0, 0.05) is 13.1 Å². The summed E-state index contributed by atoms with van der Waals surface area (Å²) in [6.45, 7) is 1.43. The minimum Gasteiger partial charge on any atom is -0.493 e. The highest BCUT2D eigenvalue weighted by atomic mass is 16.5. The lowest BCUT2D eigenvalue weighted by Crippen LogP contribution is -2.10. The number of nitrogens with zero attached hydrogens (tertiary/aromatic N) is 3. The monoisotopic (exact) mass is 369 g/mol. The van der Waals surface area contributed by atoms with Crippen molar-refractivity contribution >= 4 is 11.8 Å². The second-order valence-corrected chi connectivity index (χ2v) is 6.49. The molecule has 0 saturated carbocycles. The van der Waals surface area contributed by atoms with Crippen LogP contribution in [0.5, 0.6) is 11.5 Å². The van der Waals surface area contributed by atoms with Crippen LogP contribution in [-0.2, 0) is 6.54 Å². The topological polar surface area (TPSA) is 81.2 Å². The fourth-order valence-electron chi connectivity index (χ4n) is 3.12. The molecule has 0 amide bonds. The molecule has 2 N–H and O–H groups in total. The molecule has 1 aliphatic rings. The van der Waals surface area contributed by atoms with E-state index in [0.29, 0.717) is 24.0 Å². The first-order chi connectivity index (χ1) is 13.3. The third-order valence-corrected chi connectivity index (χ3v) is 4.59. The molecule has 0 fully saturated rings. The number of allylic oxidation sites excluding steroid dienone is 1. The fourth-order valence-corrected chi connectivity index (χ4v) is 3.12. The van der Waals surface area contributed by atoms with Crippen molar-refractivity contribution in [1.29, 1.82) is 0 Å². The van der Waals surface area contributed by atoms with Gasteiger partial charge in [0.25, 0.3) is 0 Å². The van der Waals surface area contributed by atoms with Crippen LogP contribution in [0.15, 0.2) is 36.0 Å². The first-order valence-electron chi connectivity index (χ1n) is 9.35. The molecule has 7 heteroatoms. The second kappa shape index (κ2) is 9.75. The minimum absolute atomic E-state index is 0.492. The number of ether oxygens (including phenoxy) is 2. The zero-order chi connectivity index (χ0) is 18.9. The van der Waals surface area contributed by atoms with Crippen molar-refractivity contribution in [1.82, 2.24) is 15.2 Å². The number of aromatic nitrogens is 3. The van der Waals surface area contributed by atoms with E-state index in [9.17, 15) is 0 Å². The molecular weight excluding hydrogens is 342 g/mol. The molecule has 1 aromatic heterocycles. The van der Waals surface area contributed by atoms with E-state index in [1.54, 1.807) is 26.0 Å². The van der Waals surface area contributed by atoms with Gasteiger partial charge < -0.3 is 20.1 Å². The van der Waals surface area contributed by atoms with Crippen LogP contribution in [0, 0.1) is 0 Å². The lowest BCUT2D eigenvalue weighted by atomic mass is 9.97. The lowest BCUT2D eigenvalue weighted by molar-refractivity contribution is 0.354. The molecule has 0 bridgehead atoms. The Bertz CT molecular complexity index is 779. The Morgan fingerprint density at radius 3 is 2.74 bits per heavy atom. The van der Waals surface area contributed by atoms with E-state index in [-0.39, 0.29) is 0 Å². The molecule has 0 aliphatic heterocycles. The van der Waals surface area contributed by atoms with Crippen LogP contribution < -0.4 is 20.1 Å². The van der Waals surface area contributed by atoms with Crippen molar-refractivity contribution in [2.24, 2.45) is 0 Å². The van der Waals surface area contributed by atoms with E-state index in [4.69, 9.17) is 9.47 Å². The maximum absolute atomic E-state index is 5.33. The number of benzene rings is 1. The molecule has 0 unspecified atom stereocenters. The molecule has 0 saturated heterocycles. The highest BCUT2D eigenvalue weighted by Crippen LogP contribution is 2.27. The zero-order valence-electron chi connectivity index (χ0n) is 16.0. The Labute approximate surface area is 160 Å². The molecule has 1 aromatic carbocycles. The average molecular weight is 369 g/mol. The maximum Gasteiger partial charge on any atom is 0.244 e. The molecule has 2 aromatic rings. The van der Waals surface area contributed by atoms with Gasteiger partial charge in [0.05, 0.1) is 20.4 Å². The number of methoxy groups -OCH3 is 2. The molecule has 7 nitrogen and oxygen atoms in total. The number of hydrogen-bond acceptors (Lipinski definition) is 7. The molecule has 1 aliphatic carbocycles. The van der Waals surface area contributed by atoms with E-state index < -0.39 is 0 Å². The van der Waals surface area contributed by atoms with E-state index in [1.807, 2.05) is 18.2 Å². The Morgan fingerprint density at radius 1 is 1.07 bits per heavy atom. The third-order valence-electron chi connectivity index (χ3n) is 4.59. The van der Waals surface area contributed by atoms with E-state index in [1.165, 1.54) is 25.7 Å². The lowest BCUT2D eigenvalue weighted by Gasteiger charge is -2.13. The minimum atomic E-state index is 0.492. The molecular formula is C20H27N5O2. The quantitative estimate of drug-likeness (QED) is 0.651. The van der Waals surface area contributed by atoms with Gasteiger partial charge >= 0.3 is 0 Å². The maximum atomic E-state index is 5.33. The van der Waals surface area contributed by atoms with Gasteiger partial charge in [0.2, 0.25) is 5.95 Å². The predicted octanol–water partition coefficient (Wildman–Crippen LogP) is 3.80. The van der Waals surface area contributed by atoms with Gasteiger partial charge in [-0.2, -0.15) is 10.1 Å². The highest BCUT2D eigenvalue weighted by molar-refractivity contribution is 5.44. The Balaban J connectivity index is 1.52. The van der Waals surface area contributed by atoms with Gasteiger partial charge in [-0.3, -0.25) is 0 Å². The number of rotatable bonds is 9. The summed E-state index contributed by atoms with van der Waals surface area (Å²) in [7, 11) is 3.25. The van der Waals surface area contributed by atoms with Crippen LogP contribution in [-0.4, -0.2) is 35.9 Å². The highest BCUT2D eigenvalue weighted by Gasteiger charge is 2.07. The van der Waals surface area contributed by atoms with Crippen LogP contribution in [0.1, 0.15) is 37.7 Å². The number of anilines is 2. The van der Waals surface area contributed by atoms with Crippen molar-refractivity contribution in [3.8, 4) is 11.5 Å². The van der Waals surface area contributed by atoms with Crippen molar-refractivity contribution in [2.45, 2.75) is 38.6 Å². The van der Waals surface area contributed by atoms with Crippen LogP contribution in [0.4, 0.5) is 11.8 Å². The average Bonchev–Trinajstić information content (AvgIpc) is 2.73. The van der Waals surface area contributed by atoms with Gasteiger partial charge in [0.1, 0.15) is 0 Å². The summed E-state index contributed by atoms with van der Waals surface area (Å²) in [5.41, 5.74) is 2.58. The molecule has 3 rings (SSSR count). The predicted molar refractivity (Wildman–Crippen MR) is 106 cm³/mol. The first kappa shape index (κ1) is 18.9. The molecule has 27 heavy (non-hydrogen) atoms. The van der Waals surface area contributed by atoms with Gasteiger partial charge in [-0.1, -0.05) is 17.7 Å². The normalized spacial score (nSPS) is 13.6. The molecule has 0 radical (unpaired) electrons. The van der Waals surface area contributed by atoms with E-state index >= 15 is 0 Å². The van der Waals surface area contributed by atoms with Crippen LogP contribution >= 0.6 is 0 Å². The number of nitrogens with one attached hydrogen (secondary N) is 2. The van der Waals surface area contributed by atoms with Crippen LogP contribution in [0.25, 0.3) is 0 Å². The standard InChI is InChI=1S/C20H27N5O2/c1-26-17-9-8-16(12-18(17)27-2)13-22-20-24-19(14-23-25-20)21-11-10-15-6-4-3-5-7-15/h6,8-9,12,14H,3-5,7,10-11,13H2,1-2H3,(H2,21,22,24,25). The van der Waals surface area contributed by atoms with Crippen molar-refractivity contribution in [3.05, 3.63) is 41.6 Å². The molecule has 0 spiro atoms. The Morgan fingerprint density at radius 2 is 1.96 bits per heavy atom. The molecule has 1 heterocycles. The summed E-state index contributed by atoms with van der Waals surface area (Å²) in [5.74, 6) is 2.63. The Kier molecular flexibility index (Phi) is 6.84. The molecule has 0 atom stereocenters. The zero-order valence-corrected chi connectivity index (χ0v) is 16.0. The summed E-state index contributed by atoms with van der Waals surface area (Å²) < 4.78 is 10.6. The SMILES string of the molecule is COc1ccc(CNc2nncc(NCCC3=CCCCC3)n2)cc1OC. The van der Waals surface area contributed by atoms with E-state index in [0.717, 1.165) is 24.3 Å². The first-order valence-corrected chi connectivity index (χ1v) is 9.35. The van der Waals surface area contributed by atoms with Crippen molar-refractivity contribution in [2.75, 3.05) is 31.4 Å². The fraction of sp³-hybridized carbons (Fsp3) is 0.450. The van der Waals surface area contributed by atoms with Crippen molar-refractivity contribution in [3.63, 3.8) is 0 Å². The van der Waals surface area contributed by atoms with Gasteiger partial charge in [0.15, 0.2) is 17.3 Å². The molecule has 144 valence electrons. The van der Waals surface area contributed by atoms with Gasteiger partial charge in [-0.25, -0.2) is 0 Å². The largest absolute Gasteiger partial charge is 0.493 e. The van der Waals surface area contributed by atoms with Crippen molar-refractivity contribution < 1.29 is 9.47 Å². The number of hydrogen-bond donors (Lipinski definition) is 2. The van der Waals surface area contributed by atoms with Crippen LogP contribution in [0.3, 0.4) is 0 Å². The smallest absolute Gasteiger partial charge is 0.244 e. The van der Waals surface area contributed by atoms with E-state index in [2.05, 4.69) is 31.9 Å². The van der Waals surface area contributed by atoms with Gasteiger partial charge in [-0.15, -0.1) is 5.10 Å².